The molecule has 0 radical (unpaired) electrons. The molecule has 0 aromatic heterocycles. The highest BCUT2D eigenvalue weighted by Gasteiger charge is 2.30. The van der Waals surface area contributed by atoms with Crippen LogP contribution < -0.4 is 15.4 Å². The number of urea groups is 1. The van der Waals surface area contributed by atoms with Crippen LogP contribution in [0.1, 0.15) is 23.2 Å². The van der Waals surface area contributed by atoms with E-state index in [9.17, 15) is 9.59 Å². The third kappa shape index (κ3) is 3.63. The van der Waals surface area contributed by atoms with Crippen molar-refractivity contribution in [3.05, 3.63) is 23.8 Å². The van der Waals surface area contributed by atoms with Gasteiger partial charge in [0, 0.05) is 13.2 Å². The molecule has 0 heterocycles. The zero-order chi connectivity index (χ0) is 15.4. The van der Waals surface area contributed by atoms with Crippen LogP contribution in [0.25, 0.3) is 0 Å². The lowest BCUT2D eigenvalue weighted by atomic mass is 9.89. The number of methoxy groups -OCH3 is 2. The summed E-state index contributed by atoms with van der Waals surface area (Å²) >= 11 is 0. The number of amides is 2. The fraction of sp³-hybridized carbons (Fsp3) is 0.429. The molecule has 1 aliphatic carbocycles. The first-order valence-electron chi connectivity index (χ1n) is 6.55. The lowest BCUT2D eigenvalue weighted by Gasteiger charge is -2.34. The molecule has 2 rings (SSSR count). The van der Waals surface area contributed by atoms with Crippen LogP contribution in [-0.4, -0.2) is 43.5 Å². The number of hydrogen-bond acceptors (Lipinski definition) is 4. The number of benzene rings is 1. The number of ether oxygens (including phenoxy) is 2. The minimum Gasteiger partial charge on any atom is -0.497 e. The molecule has 21 heavy (non-hydrogen) atoms. The van der Waals surface area contributed by atoms with Gasteiger partial charge in [-0.1, -0.05) is 0 Å². The molecule has 1 aromatic rings. The van der Waals surface area contributed by atoms with Crippen LogP contribution in [-0.2, 0) is 4.74 Å². The van der Waals surface area contributed by atoms with Crippen LogP contribution in [0, 0.1) is 0 Å². The second-order valence-corrected chi connectivity index (χ2v) is 4.84. The molecule has 0 bridgehead atoms. The van der Waals surface area contributed by atoms with Gasteiger partial charge in [0.15, 0.2) is 0 Å². The number of carbonyl (C=O) groups excluding carboxylic acids is 1. The molecular weight excluding hydrogens is 276 g/mol. The van der Waals surface area contributed by atoms with Gasteiger partial charge in [-0.05, 0) is 31.0 Å². The molecule has 114 valence electrons. The Labute approximate surface area is 122 Å². The third-order valence-corrected chi connectivity index (χ3v) is 3.47. The van der Waals surface area contributed by atoms with E-state index in [1.807, 2.05) is 0 Å². The summed E-state index contributed by atoms with van der Waals surface area (Å²) in [6.45, 7) is 0. The van der Waals surface area contributed by atoms with E-state index in [0.29, 0.717) is 5.75 Å². The van der Waals surface area contributed by atoms with Crippen molar-refractivity contribution in [2.24, 2.45) is 0 Å². The second-order valence-electron chi connectivity index (χ2n) is 4.84. The summed E-state index contributed by atoms with van der Waals surface area (Å²) in [6, 6.07) is 4.08. The van der Waals surface area contributed by atoms with E-state index in [-0.39, 0.29) is 23.4 Å². The summed E-state index contributed by atoms with van der Waals surface area (Å²) in [5, 5.41) is 14.5. The quantitative estimate of drug-likeness (QED) is 0.768. The Bertz CT molecular complexity index is 540. The maximum atomic E-state index is 11.9. The SMILES string of the molecule is COc1ccc(NC(=O)NC2CC(OC)C2)c(C(=O)O)c1. The third-order valence-electron chi connectivity index (χ3n) is 3.47. The molecule has 7 heteroatoms. The molecule has 0 atom stereocenters. The maximum absolute atomic E-state index is 11.9. The molecule has 1 saturated carbocycles. The Balaban J connectivity index is 1.98. The number of nitrogens with one attached hydrogen (secondary N) is 2. The summed E-state index contributed by atoms with van der Waals surface area (Å²) in [7, 11) is 3.08. The van der Waals surface area contributed by atoms with Gasteiger partial charge in [-0.15, -0.1) is 0 Å². The summed E-state index contributed by atoms with van der Waals surface area (Å²) < 4.78 is 10.1. The van der Waals surface area contributed by atoms with Crippen LogP contribution in [0.2, 0.25) is 0 Å². The van der Waals surface area contributed by atoms with Gasteiger partial charge in [0.2, 0.25) is 0 Å². The van der Waals surface area contributed by atoms with Gasteiger partial charge in [-0.2, -0.15) is 0 Å². The van der Waals surface area contributed by atoms with Crippen molar-refractivity contribution in [3.63, 3.8) is 0 Å². The van der Waals surface area contributed by atoms with Gasteiger partial charge in [-0.25, -0.2) is 9.59 Å². The molecule has 1 aromatic carbocycles. The normalized spacial score (nSPS) is 20.3. The number of anilines is 1. The maximum Gasteiger partial charge on any atom is 0.337 e. The Hall–Kier alpha value is -2.28. The van der Waals surface area contributed by atoms with Gasteiger partial charge in [-0.3, -0.25) is 0 Å². The van der Waals surface area contributed by atoms with E-state index in [1.54, 1.807) is 13.2 Å². The topological polar surface area (TPSA) is 96.9 Å². The van der Waals surface area contributed by atoms with Crippen LogP contribution in [0.4, 0.5) is 10.5 Å². The largest absolute Gasteiger partial charge is 0.497 e. The number of aromatic carboxylic acids is 1. The molecule has 0 saturated heterocycles. The fourth-order valence-electron chi connectivity index (χ4n) is 2.16. The average molecular weight is 294 g/mol. The van der Waals surface area contributed by atoms with Crippen molar-refractivity contribution in [1.82, 2.24) is 5.32 Å². The first-order valence-corrected chi connectivity index (χ1v) is 6.55. The number of rotatable bonds is 5. The molecule has 0 unspecified atom stereocenters. The summed E-state index contributed by atoms with van der Waals surface area (Å²) in [4.78, 5) is 23.1. The summed E-state index contributed by atoms with van der Waals surface area (Å²) in [5.41, 5.74) is 0.205. The molecule has 0 aliphatic heterocycles. The number of carboxylic acid groups (broad SMARTS) is 1. The summed E-state index contributed by atoms with van der Waals surface area (Å²) in [6.07, 6.45) is 1.71. The highest BCUT2D eigenvalue weighted by Crippen LogP contribution is 2.24. The van der Waals surface area contributed by atoms with Gasteiger partial charge in [0.05, 0.1) is 24.5 Å². The first kappa shape index (κ1) is 15.1. The van der Waals surface area contributed by atoms with Crippen LogP contribution in [0.3, 0.4) is 0 Å². The lowest BCUT2D eigenvalue weighted by Crippen LogP contribution is -2.48. The first-order chi connectivity index (χ1) is 10.0. The number of carbonyl (C=O) groups is 2. The molecule has 1 fully saturated rings. The van der Waals surface area contributed by atoms with Gasteiger partial charge >= 0.3 is 12.0 Å². The van der Waals surface area contributed by atoms with Gasteiger partial charge in [0.1, 0.15) is 5.75 Å². The van der Waals surface area contributed by atoms with Crippen molar-refractivity contribution >= 4 is 17.7 Å². The van der Waals surface area contributed by atoms with Crippen LogP contribution >= 0.6 is 0 Å². The number of hydrogen-bond donors (Lipinski definition) is 3. The Morgan fingerprint density at radius 3 is 2.57 bits per heavy atom. The Morgan fingerprint density at radius 2 is 2.00 bits per heavy atom. The number of carboxylic acids is 1. The van der Waals surface area contributed by atoms with E-state index in [4.69, 9.17) is 14.6 Å². The van der Waals surface area contributed by atoms with E-state index in [1.165, 1.54) is 19.2 Å². The van der Waals surface area contributed by atoms with Crippen LogP contribution in [0.15, 0.2) is 18.2 Å². The second kappa shape index (κ2) is 6.45. The van der Waals surface area contributed by atoms with E-state index < -0.39 is 12.0 Å². The predicted molar refractivity (Wildman–Crippen MR) is 75.9 cm³/mol. The molecule has 3 N–H and O–H groups in total. The Morgan fingerprint density at radius 1 is 1.29 bits per heavy atom. The standard InChI is InChI=1S/C14H18N2O5/c1-20-9-3-4-12(11(7-9)13(17)18)16-14(19)15-8-5-10(6-8)21-2/h3-4,7-8,10H,5-6H2,1-2H3,(H,17,18)(H2,15,16,19). The zero-order valence-electron chi connectivity index (χ0n) is 11.9. The van der Waals surface area contributed by atoms with Crippen molar-refractivity contribution in [1.29, 1.82) is 0 Å². The Kier molecular flexibility index (Phi) is 4.64. The highest BCUT2D eigenvalue weighted by molar-refractivity contribution is 6.00. The molecule has 7 nitrogen and oxygen atoms in total. The van der Waals surface area contributed by atoms with Gasteiger partial charge < -0.3 is 25.2 Å². The molecule has 2 amide bonds. The van der Waals surface area contributed by atoms with E-state index in [2.05, 4.69) is 10.6 Å². The van der Waals surface area contributed by atoms with E-state index >= 15 is 0 Å². The highest BCUT2D eigenvalue weighted by atomic mass is 16.5. The molecule has 0 spiro atoms. The minimum atomic E-state index is -1.13. The smallest absolute Gasteiger partial charge is 0.337 e. The predicted octanol–water partition coefficient (Wildman–Crippen LogP) is 1.69. The van der Waals surface area contributed by atoms with Crippen molar-refractivity contribution in [2.45, 2.75) is 25.0 Å². The van der Waals surface area contributed by atoms with Crippen molar-refractivity contribution < 1.29 is 24.2 Å². The fourth-order valence-corrected chi connectivity index (χ4v) is 2.16. The lowest BCUT2D eigenvalue weighted by molar-refractivity contribution is 0.0210. The van der Waals surface area contributed by atoms with Crippen LogP contribution in [0.5, 0.6) is 5.75 Å². The van der Waals surface area contributed by atoms with Crippen molar-refractivity contribution in [2.75, 3.05) is 19.5 Å². The van der Waals surface area contributed by atoms with Gasteiger partial charge in [0.25, 0.3) is 0 Å². The molecule has 1 aliphatic rings. The zero-order valence-corrected chi connectivity index (χ0v) is 11.9. The van der Waals surface area contributed by atoms with E-state index in [0.717, 1.165) is 12.8 Å². The molecular formula is C14H18N2O5. The van der Waals surface area contributed by atoms with Crippen molar-refractivity contribution in [3.8, 4) is 5.75 Å². The minimum absolute atomic E-state index is 0.0205. The summed E-state index contributed by atoms with van der Waals surface area (Å²) in [5.74, 6) is -0.715. The monoisotopic (exact) mass is 294 g/mol. The average Bonchev–Trinajstić information content (AvgIpc) is 2.42.